The van der Waals surface area contributed by atoms with Crippen LogP contribution >= 0.6 is 0 Å². The topological polar surface area (TPSA) is 101 Å². The molecule has 2 aliphatic heterocycles. The molecule has 176 valence electrons. The Morgan fingerprint density at radius 1 is 1.00 bits per heavy atom. The van der Waals surface area contributed by atoms with Crippen molar-refractivity contribution in [3.63, 3.8) is 0 Å². The van der Waals surface area contributed by atoms with Gasteiger partial charge < -0.3 is 15.8 Å². The molecule has 6 heteroatoms. The van der Waals surface area contributed by atoms with Crippen molar-refractivity contribution >= 4 is 11.7 Å². The van der Waals surface area contributed by atoms with Gasteiger partial charge in [0.2, 0.25) is 0 Å². The van der Waals surface area contributed by atoms with E-state index in [1.807, 2.05) is 68.4 Å². The quantitative estimate of drug-likeness (QED) is 0.421. The lowest BCUT2D eigenvalue weighted by atomic mass is 9.83. The van der Waals surface area contributed by atoms with Crippen molar-refractivity contribution in [1.29, 1.82) is 5.26 Å². The summed E-state index contributed by atoms with van der Waals surface area (Å²) in [6.07, 6.45) is -0.365. The average Bonchev–Trinajstić information content (AvgIpc) is 3.44. The van der Waals surface area contributed by atoms with Gasteiger partial charge in [-0.3, -0.25) is 4.79 Å². The van der Waals surface area contributed by atoms with Crippen molar-refractivity contribution in [1.82, 2.24) is 10.3 Å². The van der Waals surface area contributed by atoms with Gasteiger partial charge in [0.1, 0.15) is 18.0 Å². The summed E-state index contributed by atoms with van der Waals surface area (Å²) in [5.41, 5.74) is 16.1. The molecule has 3 N–H and O–H groups in total. The normalized spacial score (nSPS) is 16.8. The molecule has 2 bridgehead atoms. The largest absolute Gasteiger partial charge is 0.384 e. The first kappa shape index (κ1) is 22.0. The van der Waals surface area contributed by atoms with Gasteiger partial charge in [0.05, 0.1) is 11.6 Å². The highest BCUT2D eigenvalue weighted by molar-refractivity contribution is 5.94. The third-order valence-electron chi connectivity index (χ3n) is 7.20. The second-order valence-electron chi connectivity index (χ2n) is 9.35. The summed E-state index contributed by atoms with van der Waals surface area (Å²) in [5, 5.41) is 12.5. The van der Waals surface area contributed by atoms with E-state index in [1.165, 1.54) is 0 Å². The van der Waals surface area contributed by atoms with Crippen LogP contribution in [0.2, 0.25) is 0 Å². The molecule has 2 atom stereocenters. The van der Waals surface area contributed by atoms with Crippen LogP contribution in [0.1, 0.15) is 67.2 Å². The Hall–Kier alpha value is -4.47. The molecule has 0 fully saturated rings. The number of fused-ring (bicyclic) bond motifs is 8. The Labute approximate surface area is 209 Å². The summed E-state index contributed by atoms with van der Waals surface area (Å²) >= 11 is 0. The summed E-state index contributed by atoms with van der Waals surface area (Å²) in [4.78, 5) is 17.3. The number of pyridine rings is 1. The molecule has 0 aliphatic carbocycles. The van der Waals surface area contributed by atoms with Gasteiger partial charge in [0, 0.05) is 17.8 Å². The zero-order chi connectivity index (χ0) is 25.0. The zero-order valence-electron chi connectivity index (χ0n) is 20.0. The predicted molar refractivity (Wildman–Crippen MR) is 137 cm³/mol. The average molecular weight is 473 g/mol. The fourth-order valence-corrected chi connectivity index (χ4v) is 5.41. The lowest BCUT2D eigenvalue weighted by Crippen LogP contribution is -2.24. The molecule has 3 heterocycles. The summed E-state index contributed by atoms with van der Waals surface area (Å²) in [6, 6.07) is 23.8. The number of amides is 1. The van der Waals surface area contributed by atoms with E-state index in [9.17, 15) is 10.1 Å². The minimum absolute atomic E-state index is 0.139. The Balaban J connectivity index is 1.26. The van der Waals surface area contributed by atoms with E-state index in [0.29, 0.717) is 23.5 Å². The number of nitrogen functional groups attached to an aromatic ring is 1. The molecule has 2 aliphatic rings. The summed E-state index contributed by atoms with van der Waals surface area (Å²) in [5.74, 6) is 0.343. The number of anilines is 1. The number of hydrogen-bond acceptors (Lipinski definition) is 5. The molecule has 0 spiro atoms. The predicted octanol–water partition coefficient (Wildman–Crippen LogP) is 5.27. The summed E-state index contributed by atoms with van der Waals surface area (Å²) in [7, 11) is 0. The van der Waals surface area contributed by atoms with E-state index >= 15 is 0 Å². The van der Waals surface area contributed by atoms with E-state index in [1.54, 1.807) is 0 Å². The molecule has 0 saturated heterocycles. The van der Waals surface area contributed by atoms with Crippen LogP contribution in [0.25, 0.3) is 11.1 Å². The monoisotopic (exact) mass is 472 g/mol. The Morgan fingerprint density at radius 2 is 1.72 bits per heavy atom. The summed E-state index contributed by atoms with van der Waals surface area (Å²) in [6.45, 7) is 4.26. The van der Waals surface area contributed by atoms with Crippen molar-refractivity contribution < 1.29 is 9.53 Å². The number of nitrogens with zero attached hydrogens (tertiary/aromatic N) is 2. The fraction of sp³-hybridized carbons (Fsp3) is 0.167. The maximum Gasteiger partial charge on any atom is 0.251 e. The molecule has 3 aromatic carbocycles. The molecule has 1 amide bonds. The minimum atomic E-state index is -0.196. The van der Waals surface area contributed by atoms with Crippen molar-refractivity contribution in [3.05, 3.63) is 117 Å². The van der Waals surface area contributed by atoms with Gasteiger partial charge in [-0.2, -0.15) is 5.26 Å². The van der Waals surface area contributed by atoms with Crippen molar-refractivity contribution in [2.45, 2.75) is 32.6 Å². The molecule has 6 rings (SSSR count). The number of aryl methyl sites for hydroxylation is 2. The number of carbonyl (C=O) groups is 1. The highest BCUT2D eigenvalue weighted by atomic mass is 16.5. The molecule has 4 aromatic rings. The van der Waals surface area contributed by atoms with Gasteiger partial charge in [-0.15, -0.1) is 0 Å². The first-order valence-corrected chi connectivity index (χ1v) is 11.9. The minimum Gasteiger partial charge on any atom is -0.384 e. The van der Waals surface area contributed by atoms with Crippen LogP contribution in [0.5, 0.6) is 0 Å². The molecular weight excluding hydrogens is 448 g/mol. The van der Waals surface area contributed by atoms with Crippen LogP contribution < -0.4 is 11.1 Å². The number of rotatable bonds is 4. The molecule has 1 aromatic heterocycles. The van der Waals surface area contributed by atoms with Crippen molar-refractivity contribution in [3.8, 4) is 17.2 Å². The maximum absolute atomic E-state index is 13.0. The Bertz CT molecular complexity index is 1580. The van der Waals surface area contributed by atoms with Gasteiger partial charge in [0.25, 0.3) is 5.91 Å². The van der Waals surface area contributed by atoms with E-state index in [2.05, 4.69) is 28.5 Å². The molecule has 36 heavy (non-hydrogen) atoms. The third-order valence-corrected chi connectivity index (χ3v) is 7.20. The first-order valence-electron chi connectivity index (χ1n) is 11.9. The van der Waals surface area contributed by atoms with E-state index in [0.717, 1.165) is 50.2 Å². The van der Waals surface area contributed by atoms with Gasteiger partial charge in [0.15, 0.2) is 0 Å². The molecule has 0 saturated carbocycles. The van der Waals surface area contributed by atoms with Gasteiger partial charge >= 0.3 is 0 Å². The van der Waals surface area contributed by atoms with Crippen molar-refractivity contribution in [2.75, 3.05) is 5.73 Å². The second-order valence-corrected chi connectivity index (χ2v) is 9.35. The van der Waals surface area contributed by atoms with Crippen molar-refractivity contribution in [2.24, 2.45) is 0 Å². The number of benzene rings is 3. The zero-order valence-corrected chi connectivity index (χ0v) is 20.0. The number of nitrogens with one attached hydrogen (secondary N) is 1. The first-order chi connectivity index (χ1) is 17.4. The van der Waals surface area contributed by atoms with E-state index < -0.39 is 0 Å². The standard InChI is InChI=1S/C30H24N4O2/c1-16-11-27(32)34-17(2)26(16)15-33-30(35)19-8-10-23-25(13-19)29-22-9-7-18(12-24(22)28(23)36-29)21-6-4-3-5-20(21)14-31/h3-13,28-29H,15H2,1-2H3,(H2,32,34)(H,33,35). The van der Waals surface area contributed by atoms with Crippen LogP contribution in [-0.2, 0) is 11.3 Å². The molecule has 0 radical (unpaired) electrons. The molecule has 2 unspecified atom stereocenters. The Morgan fingerprint density at radius 3 is 2.47 bits per heavy atom. The smallest absolute Gasteiger partial charge is 0.251 e. The van der Waals surface area contributed by atoms with Crippen LogP contribution in [0.4, 0.5) is 5.82 Å². The number of nitrogens with two attached hydrogens (primary N) is 1. The van der Waals surface area contributed by atoms with E-state index in [4.69, 9.17) is 10.5 Å². The van der Waals surface area contributed by atoms with Gasteiger partial charge in [-0.25, -0.2) is 4.98 Å². The fourth-order valence-electron chi connectivity index (χ4n) is 5.41. The van der Waals surface area contributed by atoms with Crippen LogP contribution in [0, 0.1) is 25.2 Å². The molecular formula is C30H24N4O2. The van der Waals surface area contributed by atoms with Crippen LogP contribution in [-0.4, -0.2) is 10.9 Å². The van der Waals surface area contributed by atoms with Crippen LogP contribution in [0.3, 0.4) is 0 Å². The highest BCUT2D eigenvalue weighted by Gasteiger charge is 2.43. The lowest BCUT2D eigenvalue weighted by molar-refractivity contribution is 0.0857. The number of ether oxygens (including phenoxy) is 1. The third kappa shape index (κ3) is 3.44. The number of carbonyl (C=O) groups excluding carboxylic acids is 1. The number of nitriles is 1. The second kappa shape index (κ2) is 8.33. The highest BCUT2D eigenvalue weighted by Crippen LogP contribution is 2.54. The number of aromatic nitrogens is 1. The van der Waals surface area contributed by atoms with Gasteiger partial charge in [-0.05, 0) is 88.7 Å². The summed E-state index contributed by atoms with van der Waals surface area (Å²) < 4.78 is 6.35. The SMILES string of the molecule is Cc1cc(N)nc(C)c1CNC(=O)c1ccc2c(c1)C1OC2c2cc(-c3ccccc3C#N)ccc21. The Kier molecular flexibility index (Phi) is 5.10. The van der Waals surface area contributed by atoms with Crippen LogP contribution in [0.15, 0.2) is 66.7 Å². The van der Waals surface area contributed by atoms with Gasteiger partial charge in [-0.1, -0.05) is 36.4 Å². The van der Waals surface area contributed by atoms with E-state index in [-0.39, 0.29) is 18.1 Å². The maximum atomic E-state index is 13.0. The molecule has 6 nitrogen and oxygen atoms in total. The number of hydrogen-bond donors (Lipinski definition) is 2. The lowest BCUT2D eigenvalue weighted by Gasteiger charge is -2.18.